The Bertz CT molecular complexity index is 396. The van der Waals surface area contributed by atoms with Gasteiger partial charge in [-0.15, -0.1) is 0 Å². The molecule has 0 aliphatic rings. The fourth-order valence-electron chi connectivity index (χ4n) is 0.897. The summed E-state index contributed by atoms with van der Waals surface area (Å²) in [7, 11) is 1.40. The van der Waals surface area contributed by atoms with Gasteiger partial charge in [0, 0.05) is 0 Å². The number of nitrogens with zero attached hydrogens (tertiary/aromatic N) is 1. The van der Waals surface area contributed by atoms with Gasteiger partial charge in [-0.2, -0.15) is 22.0 Å². The minimum atomic E-state index is -5.64. The van der Waals surface area contributed by atoms with Gasteiger partial charge in [-0.05, 0) is 24.3 Å². The predicted molar refractivity (Wildman–Crippen MR) is 52.1 cm³/mol. The van der Waals surface area contributed by atoms with Gasteiger partial charge in [0.05, 0.1) is 19.0 Å². The Morgan fingerprint density at radius 1 is 1.06 bits per heavy atom. The van der Waals surface area contributed by atoms with Crippen molar-refractivity contribution in [1.29, 1.82) is 0 Å². The van der Waals surface area contributed by atoms with Crippen LogP contribution in [0.1, 0.15) is 0 Å². The molecule has 1 rings (SSSR count). The van der Waals surface area contributed by atoms with Crippen LogP contribution in [0.2, 0.25) is 0 Å². The summed E-state index contributed by atoms with van der Waals surface area (Å²) < 4.78 is 65.1. The lowest BCUT2D eigenvalue weighted by Gasteiger charge is -2.14. The zero-order chi connectivity index (χ0) is 13.1. The van der Waals surface area contributed by atoms with Crippen molar-refractivity contribution in [2.75, 3.05) is 7.11 Å². The molecule has 0 saturated heterocycles. The molecule has 0 saturated carbocycles. The van der Waals surface area contributed by atoms with Crippen LogP contribution in [0.3, 0.4) is 0 Å². The molecular weight excluding hydrogens is 245 g/mol. The fourth-order valence-corrected chi connectivity index (χ4v) is 0.897. The highest BCUT2D eigenvalue weighted by atomic mass is 19.4. The first-order valence-electron chi connectivity index (χ1n) is 4.40. The first-order valence-corrected chi connectivity index (χ1v) is 4.40. The molecule has 0 aliphatic heterocycles. The van der Waals surface area contributed by atoms with Crippen molar-refractivity contribution in [3.8, 4) is 5.75 Å². The predicted octanol–water partition coefficient (Wildman–Crippen LogP) is 3.60. The standard InChI is InChI=1S/C10H8F5NO/c1-17-8-4-2-7(3-5-8)16-6-9(11,12)10(13,14)15/h2-6H,1H3. The summed E-state index contributed by atoms with van der Waals surface area (Å²) in [5, 5.41) is 0. The Morgan fingerprint density at radius 3 is 2.00 bits per heavy atom. The molecule has 0 aliphatic carbocycles. The molecule has 1 aromatic carbocycles. The number of rotatable bonds is 3. The van der Waals surface area contributed by atoms with Crippen LogP contribution in [-0.2, 0) is 0 Å². The molecule has 0 unspecified atom stereocenters. The first kappa shape index (κ1) is 13.4. The molecule has 94 valence electrons. The smallest absolute Gasteiger partial charge is 0.459 e. The fraction of sp³-hybridized carbons (Fsp3) is 0.300. The second-order valence-corrected chi connectivity index (χ2v) is 3.08. The zero-order valence-corrected chi connectivity index (χ0v) is 8.63. The maximum Gasteiger partial charge on any atom is 0.459 e. The van der Waals surface area contributed by atoms with Gasteiger partial charge < -0.3 is 4.74 Å². The lowest BCUT2D eigenvalue weighted by molar-refractivity contribution is -0.247. The molecule has 0 radical (unpaired) electrons. The third kappa shape index (κ3) is 3.40. The van der Waals surface area contributed by atoms with Crippen LogP contribution in [-0.4, -0.2) is 25.4 Å². The van der Waals surface area contributed by atoms with Crippen LogP contribution in [0.5, 0.6) is 5.75 Å². The van der Waals surface area contributed by atoms with E-state index in [2.05, 4.69) is 4.99 Å². The SMILES string of the molecule is COc1ccc(N=CC(F)(F)C(F)(F)F)cc1. The largest absolute Gasteiger partial charge is 0.497 e. The molecule has 0 atom stereocenters. The number of methoxy groups -OCH3 is 1. The number of ether oxygens (including phenoxy) is 1. The Kier molecular flexibility index (Phi) is 3.69. The van der Waals surface area contributed by atoms with E-state index in [1.165, 1.54) is 31.4 Å². The third-order valence-electron chi connectivity index (χ3n) is 1.83. The van der Waals surface area contributed by atoms with Crippen molar-refractivity contribution >= 4 is 11.9 Å². The van der Waals surface area contributed by atoms with Gasteiger partial charge in [-0.1, -0.05) is 0 Å². The minimum absolute atomic E-state index is 0.0188. The Hall–Kier alpha value is -1.66. The Balaban J connectivity index is 2.83. The van der Waals surface area contributed by atoms with Crippen molar-refractivity contribution in [2.45, 2.75) is 12.1 Å². The topological polar surface area (TPSA) is 21.6 Å². The second kappa shape index (κ2) is 4.68. The van der Waals surface area contributed by atoms with E-state index in [9.17, 15) is 22.0 Å². The molecule has 17 heavy (non-hydrogen) atoms. The molecular formula is C10H8F5NO. The van der Waals surface area contributed by atoms with Crippen molar-refractivity contribution in [3.63, 3.8) is 0 Å². The quantitative estimate of drug-likeness (QED) is 0.595. The molecule has 2 nitrogen and oxygen atoms in total. The summed E-state index contributed by atoms with van der Waals surface area (Å²) in [5.74, 6) is -4.49. The summed E-state index contributed by atoms with van der Waals surface area (Å²) >= 11 is 0. The van der Waals surface area contributed by atoms with Crippen LogP contribution in [0.15, 0.2) is 29.3 Å². The van der Waals surface area contributed by atoms with E-state index in [1.807, 2.05) is 0 Å². The lowest BCUT2D eigenvalue weighted by atomic mass is 10.3. The van der Waals surface area contributed by atoms with E-state index >= 15 is 0 Å². The zero-order valence-electron chi connectivity index (χ0n) is 8.63. The molecule has 0 fully saturated rings. The maximum absolute atomic E-state index is 12.5. The number of benzene rings is 1. The lowest BCUT2D eigenvalue weighted by Crippen LogP contribution is -2.37. The summed E-state index contributed by atoms with van der Waals surface area (Å²) in [4.78, 5) is 3.07. The van der Waals surface area contributed by atoms with Gasteiger partial charge in [0.1, 0.15) is 5.75 Å². The highest BCUT2D eigenvalue weighted by molar-refractivity contribution is 5.71. The number of halogens is 5. The van der Waals surface area contributed by atoms with Crippen LogP contribution in [0.4, 0.5) is 27.6 Å². The Labute approximate surface area is 93.7 Å². The van der Waals surface area contributed by atoms with Gasteiger partial charge in [0.15, 0.2) is 0 Å². The van der Waals surface area contributed by atoms with E-state index in [4.69, 9.17) is 4.74 Å². The summed E-state index contributed by atoms with van der Waals surface area (Å²) in [6.45, 7) is 0. The van der Waals surface area contributed by atoms with Gasteiger partial charge in [0.2, 0.25) is 0 Å². The minimum Gasteiger partial charge on any atom is -0.497 e. The molecule has 0 heterocycles. The highest BCUT2D eigenvalue weighted by Crippen LogP contribution is 2.34. The van der Waals surface area contributed by atoms with Crippen LogP contribution < -0.4 is 4.74 Å². The highest BCUT2D eigenvalue weighted by Gasteiger charge is 2.56. The summed E-state index contributed by atoms with van der Waals surface area (Å²) in [5.41, 5.74) is -0.0188. The second-order valence-electron chi connectivity index (χ2n) is 3.08. The van der Waals surface area contributed by atoms with Gasteiger partial charge >= 0.3 is 12.1 Å². The molecule has 0 N–H and O–H groups in total. The average Bonchev–Trinajstić information content (AvgIpc) is 2.25. The average molecular weight is 253 g/mol. The van der Waals surface area contributed by atoms with Crippen LogP contribution in [0, 0.1) is 0 Å². The van der Waals surface area contributed by atoms with Gasteiger partial charge in [-0.25, -0.2) is 0 Å². The number of hydrogen-bond acceptors (Lipinski definition) is 2. The Morgan fingerprint density at radius 2 is 1.59 bits per heavy atom. The van der Waals surface area contributed by atoms with E-state index in [0.717, 1.165) is 0 Å². The van der Waals surface area contributed by atoms with E-state index in [-0.39, 0.29) is 5.69 Å². The molecule has 0 spiro atoms. The van der Waals surface area contributed by atoms with Gasteiger partial charge in [0.25, 0.3) is 0 Å². The molecule has 1 aromatic rings. The van der Waals surface area contributed by atoms with Gasteiger partial charge in [-0.3, -0.25) is 4.99 Å². The maximum atomic E-state index is 12.5. The van der Waals surface area contributed by atoms with Crippen LogP contribution >= 0.6 is 0 Å². The number of alkyl halides is 5. The third-order valence-corrected chi connectivity index (χ3v) is 1.83. The van der Waals surface area contributed by atoms with Crippen molar-refractivity contribution in [2.24, 2.45) is 4.99 Å². The monoisotopic (exact) mass is 253 g/mol. The number of hydrogen-bond donors (Lipinski definition) is 0. The molecule has 7 heteroatoms. The molecule has 0 bridgehead atoms. The van der Waals surface area contributed by atoms with Crippen LogP contribution in [0.25, 0.3) is 0 Å². The first-order chi connectivity index (χ1) is 7.76. The van der Waals surface area contributed by atoms with Crippen molar-refractivity contribution in [3.05, 3.63) is 24.3 Å². The van der Waals surface area contributed by atoms with E-state index in [0.29, 0.717) is 5.75 Å². The summed E-state index contributed by atoms with van der Waals surface area (Å²) in [6, 6.07) is 5.33. The van der Waals surface area contributed by atoms with Crippen molar-refractivity contribution in [1.82, 2.24) is 0 Å². The molecule has 0 amide bonds. The number of aliphatic imine (C=N–C) groups is 1. The van der Waals surface area contributed by atoms with E-state index < -0.39 is 18.3 Å². The van der Waals surface area contributed by atoms with Crippen molar-refractivity contribution < 1.29 is 26.7 Å². The van der Waals surface area contributed by atoms with E-state index in [1.54, 1.807) is 0 Å². The normalized spacial score (nSPS) is 13.1. The summed E-state index contributed by atoms with van der Waals surface area (Å²) in [6.07, 6.45) is -6.06. The molecule has 0 aromatic heterocycles.